The topological polar surface area (TPSA) is 169 Å². The first-order chi connectivity index (χ1) is 15.1. The Labute approximate surface area is 173 Å². The smallest absolute Gasteiger partial charge is 0.323 e. The van der Waals surface area contributed by atoms with Gasteiger partial charge in [0, 0.05) is 11.4 Å². The van der Waals surface area contributed by atoms with Gasteiger partial charge in [0.15, 0.2) is 0 Å². The molecule has 5 rings (SSSR count). The summed E-state index contributed by atoms with van der Waals surface area (Å²) < 4.78 is 5.46. The number of hydrogen-bond donors (Lipinski definition) is 6. The van der Waals surface area contributed by atoms with Crippen molar-refractivity contribution in [3.05, 3.63) is 57.4 Å². The van der Waals surface area contributed by atoms with Gasteiger partial charge in [-0.15, -0.1) is 0 Å². The number of aromatic amines is 4. The summed E-state index contributed by atoms with van der Waals surface area (Å²) in [4.78, 5) is 46.7. The van der Waals surface area contributed by atoms with E-state index in [0.29, 0.717) is 40.0 Å². The maximum Gasteiger partial charge on any atom is 0.323 e. The van der Waals surface area contributed by atoms with Gasteiger partial charge in [0.1, 0.15) is 0 Å². The summed E-state index contributed by atoms with van der Waals surface area (Å²) in [5.74, 6) is 0.517. The monoisotopic (exact) mass is 419 g/mol. The lowest BCUT2D eigenvalue weighted by Crippen LogP contribution is -2.07. The van der Waals surface area contributed by atoms with Crippen LogP contribution in [-0.2, 0) is 0 Å². The molecule has 0 spiro atoms. The highest BCUT2D eigenvalue weighted by atomic mass is 16.5. The molecule has 0 unspecified atom stereocenters. The van der Waals surface area contributed by atoms with Crippen LogP contribution in [0.4, 0.5) is 23.3 Å². The van der Waals surface area contributed by atoms with Crippen molar-refractivity contribution in [2.45, 2.75) is 6.92 Å². The second-order valence-corrected chi connectivity index (χ2v) is 6.63. The molecule has 0 aliphatic carbocycles. The maximum atomic E-state index is 11.5. The van der Waals surface area contributed by atoms with Crippen LogP contribution in [0, 0.1) is 0 Å². The van der Waals surface area contributed by atoms with E-state index < -0.39 is 0 Å². The summed E-state index contributed by atoms with van der Waals surface area (Å²) >= 11 is 0. The first kappa shape index (κ1) is 18.4. The van der Waals surface area contributed by atoms with Crippen molar-refractivity contribution in [1.82, 2.24) is 34.9 Å². The second-order valence-electron chi connectivity index (χ2n) is 6.63. The Balaban J connectivity index is 1.46. The molecule has 156 valence electrons. The number of H-pyrrole nitrogens is 4. The van der Waals surface area contributed by atoms with Crippen LogP contribution >= 0.6 is 0 Å². The molecule has 6 N–H and O–H groups in total. The molecule has 0 saturated carbocycles. The Morgan fingerprint density at radius 3 is 1.71 bits per heavy atom. The lowest BCUT2D eigenvalue weighted by atomic mass is 10.3. The van der Waals surface area contributed by atoms with Crippen molar-refractivity contribution < 1.29 is 4.74 Å². The fourth-order valence-electron chi connectivity index (χ4n) is 3.14. The standard InChI is InChI=1S/C19H17N9O3/c1-2-31-19-27-15(20-9-3-5-11-13(7-9)24-17(29)22-11)26-16(28-19)21-10-4-6-12-14(8-10)25-18(30)23-12/h3-8H,2H2,1H3,(H2,22,24,29)(H2,23,25,30)(H2,20,21,26,27,28). The van der Waals surface area contributed by atoms with Crippen LogP contribution in [0.25, 0.3) is 22.1 Å². The summed E-state index contributed by atoms with van der Waals surface area (Å²) in [7, 11) is 0. The lowest BCUT2D eigenvalue weighted by molar-refractivity contribution is 0.312. The minimum absolute atomic E-state index is 0.148. The number of benzene rings is 2. The molecule has 2 aromatic carbocycles. The Morgan fingerprint density at radius 1 is 0.742 bits per heavy atom. The van der Waals surface area contributed by atoms with Crippen molar-refractivity contribution in [3.63, 3.8) is 0 Å². The zero-order valence-corrected chi connectivity index (χ0v) is 16.2. The molecule has 12 nitrogen and oxygen atoms in total. The molecule has 0 aliphatic heterocycles. The van der Waals surface area contributed by atoms with Crippen LogP contribution < -0.4 is 26.7 Å². The predicted molar refractivity (Wildman–Crippen MR) is 115 cm³/mol. The number of anilines is 4. The van der Waals surface area contributed by atoms with E-state index in [4.69, 9.17) is 4.74 Å². The molecule has 3 aromatic heterocycles. The van der Waals surface area contributed by atoms with E-state index in [0.717, 1.165) is 0 Å². The van der Waals surface area contributed by atoms with Crippen LogP contribution in [0.5, 0.6) is 6.01 Å². The van der Waals surface area contributed by atoms with Crippen molar-refractivity contribution in [3.8, 4) is 6.01 Å². The molecule has 0 atom stereocenters. The van der Waals surface area contributed by atoms with E-state index in [9.17, 15) is 9.59 Å². The number of aromatic nitrogens is 7. The molecular formula is C19H17N9O3. The molecular weight excluding hydrogens is 402 g/mol. The average Bonchev–Trinajstić information content (AvgIpc) is 3.27. The minimum atomic E-state index is -0.279. The first-order valence-corrected chi connectivity index (χ1v) is 9.43. The highest BCUT2D eigenvalue weighted by molar-refractivity contribution is 5.80. The zero-order chi connectivity index (χ0) is 21.4. The van der Waals surface area contributed by atoms with E-state index in [1.807, 2.05) is 6.92 Å². The zero-order valence-electron chi connectivity index (χ0n) is 16.2. The van der Waals surface area contributed by atoms with Crippen molar-refractivity contribution in [2.24, 2.45) is 0 Å². The third-order valence-corrected chi connectivity index (χ3v) is 4.43. The molecule has 0 aliphatic rings. The molecule has 0 fully saturated rings. The molecule has 0 saturated heterocycles. The lowest BCUT2D eigenvalue weighted by Gasteiger charge is -2.10. The first-order valence-electron chi connectivity index (χ1n) is 9.43. The molecule has 0 bridgehead atoms. The van der Waals surface area contributed by atoms with Gasteiger partial charge in [0.05, 0.1) is 28.7 Å². The number of rotatable bonds is 6. The largest absolute Gasteiger partial charge is 0.464 e. The van der Waals surface area contributed by atoms with E-state index in [1.165, 1.54) is 0 Å². The Kier molecular flexibility index (Phi) is 4.36. The highest BCUT2D eigenvalue weighted by Crippen LogP contribution is 2.22. The molecule has 0 radical (unpaired) electrons. The van der Waals surface area contributed by atoms with E-state index in [2.05, 4.69) is 45.5 Å². The Morgan fingerprint density at radius 2 is 1.23 bits per heavy atom. The van der Waals surface area contributed by atoms with Gasteiger partial charge >= 0.3 is 17.4 Å². The Bertz CT molecular complexity index is 1400. The van der Waals surface area contributed by atoms with Gasteiger partial charge in [-0.1, -0.05) is 0 Å². The average molecular weight is 419 g/mol. The highest BCUT2D eigenvalue weighted by Gasteiger charge is 2.10. The van der Waals surface area contributed by atoms with Crippen LogP contribution in [0.2, 0.25) is 0 Å². The number of hydrogen-bond acceptors (Lipinski definition) is 8. The summed E-state index contributed by atoms with van der Waals surface area (Å²) in [5, 5.41) is 6.19. The number of ether oxygens (including phenoxy) is 1. The summed E-state index contributed by atoms with van der Waals surface area (Å²) in [6, 6.07) is 10.8. The fraction of sp³-hybridized carbons (Fsp3) is 0.105. The van der Waals surface area contributed by atoms with Gasteiger partial charge in [0.2, 0.25) is 11.9 Å². The normalized spacial score (nSPS) is 11.1. The molecule has 12 heteroatoms. The number of imidazole rings is 2. The third kappa shape index (κ3) is 3.81. The van der Waals surface area contributed by atoms with Gasteiger partial charge in [0.25, 0.3) is 0 Å². The van der Waals surface area contributed by atoms with Crippen LogP contribution in [0.3, 0.4) is 0 Å². The third-order valence-electron chi connectivity index (χ3n) is 4.43. The van der Waals surface area contributed by atoms with Gasteiger partial charge in [-0.25, -0.2) is 9.59 Å². The van der Waals surface area contributed by atoms with E-state index in [-0.39, 0.29) is 29.3 Å². The van der Waals surface area contributed by atoms with Gasteiger partial charge < -0.3 is 35.3 Å². The second kappa shape index (κ2) is 7.33. The molecule has 31 heavy (non-hydrogen) atoms. The van der Waals surface area contributed by atoms with Gasteiger partial charge in [-0.3, -0.25) is 0 Å². The molecule has 0 amide bonds. The van der Waals surface area contributed by atoms with Gasteiger partial charge in [-0.05, 0) is 43.3 Å². The van der Waals surface area contributed by atoms with Crippen molar-refractivity contribution in [1.29, 1.82) is 0 Å². The summed E-state index contributed by atoms with van der Waals surface area (Å²) in [6.07, 6.45) is 0. The number of nitrogens with one attached hydrogen (secondary N) is 6. The van der Waals surface area contributed by atoms with Crippen molar-refractivity contribution >= 4 is 45.3 Å². The van der Waals surface area contributed by atoms with E-state index >= 15 is 0 Å². The Hall–Kier alpha value is -4.61. The maximum absolute atomic E-state index is 11.5. The van der Waals surface area contributed by atoms with Crippen LogP contribution in [0.1, 0.15) is 6.92 Å². The summed E-state index contributed by atoms with van der Waals surface area (Å²) in [6.45, 7) is 2.21. The summed E-state index contributed by atoms with van der Waals surface area (Å²) in [5.41, 5.74) is 3.49. The molecule has 3 heterocycles. The fourth-order valence-corrected chi connectivity index (χ4v) is 3.14. The van der Waals surface area contributed by atoms with Crippen molar-refractivity contribution in [2.75, 3.05) is 17.2 Å². The quantitative estimate of drug-likeness (QED) is 0.243. The van der Waals surface area contributed by atoms with E-state index in [1.54, 1.807) is 36.4 Å². The number of fused-ring (bicyclic) bond motifs is 2. The molecule has 5 aromatic rings. The SMILES string of the molecule is CCOc1nc(Nc2ccc3[nH]c(=O)[nH]c3c2)nc(Nc2ccc3[nH]c(=O)[nH]c3c2)n1. The van der Waals surface area contributed by atoms with Gasteiger partial charge in [-0.2, -0.15) is 15.0 Å². The van der Waals surface area contributed by atoms with Crippen LogP contribution in [0.15, 0.2) is 46.0 Å². The minimum Gasteiger partial charge on any atom is -0.464 e. The van der Waals surface area contributed by atoms with Crippen LogP contribution in [-0.4, -0.2) is 41.5 Å². The predicted octanol–water partition coefficient (Wildman–Crippen LogP) is 2.10. The number of nitrogens with zero attached hydrogens (tertiary/aromatic N) is 3.